The summed E-state index contributed by atoms with van der Waals surface area (Å²) in [7, 11) is 0. The first kappa shape index (κ1) is 15.5. The minimum absolute atomic E-state index is 0.0826. The summed E-state index contributed by atoms with van der Waals surface area (Å²) in [6, 6.07) is 4.30. The summed E-state index contributed by atoms with van der Waals surface area (Å²) < 4.78 is 0. The molecule has 1 aromatic carbocycles. The highest BCUT2D eigenvalue weighted by molar-refractivity contribution is 5.94. The minimum atomic E-state index is -1.04. The minimum Gasteiger partial charge on any atom is -0.478 e. The first-order valence-corrected chi connectivity index (χ1v) is 9.89. The molecular formula is C21H28N2O2. The number of hydrogen-bond donors (Lipinski definition) is 3. The quantitative estimate of drug-likeness (QED) is 0.677. The Balaban J connectivity index is 0.000000117. The number of carboxylic acid groups (broad SMARTS) is 1. The van der Waals surface area contributed by atoms with E-state index in [0.717, 1.165) is 0 Å². The molecule has 0 aromatic heterocycles. The standard InChI is InChI=1S/C14H20.C7H8N2O2/c1-7-2-12-10-4-8-5-11(9(1)10)13(3-7)14(12)6-8;8-4-1-2-5(7(10)11)6(9)3-4/h7-14H,1-6H2;1-3H,8-9H2,(H,10,11). The summed E-state index contributed by atoms with van der Waals surface area (Å²) in [5, 5.41) is 8.54. The molecule has 4 heteroatoms. The van der Waals surface area contributed by atoms with Crippen molar-refractivity contribution in [1.29, 1.82) is 0 Å². The van der Waals surface area contributed by atoms with Gasteiger partial charge in [-0.1, -0.05) is 0 Å². The summed E-state index contributed by atoms with van der Waals surface area (Å²) in [5.74, 6) is 8.70. The van der Waals surface area contributed by atoms with E-state index in [0.29, 0.717) is 5.69 Å². The maximum atomic E-state index is 10.4. The summed E-state index contributed by atoms with van der Waals surface area (Å²) in [5.41, 5.74) is 11.5. The van der Waals surface area contributed by atoms with Crippen LogP contribution in [0.1, 0.15) is 48.9 Å². The molecule has 4 nitrogen and oxygen atoms in total. The Kier molecular flexibility index (Phi) is 3.35. The predicted octanol–water partition coefficient (Wildman–Crippen LogP) is 3.87. The van der Waals surface area contributed by atoms with Gasteiger partial charge in [-0.25, -0.2) is 4.79 Å². The number of hydrogen-bond acceptors (Lipinski definition) is 3. The lowest BCUT2D eigenvalue weighted by atomic mass is 9.36. The highest BCUT2D eigenvalue weighted by Crippen LogP contribution is 2.71. The molecule has 134 valence electrons. The molecular weight excluding hydrogens is 312 g/mol. The zero-order valence-corrected chi connectivity index (χ0v) is 14.6. The van der Waals surface area contributed by atoms with Crippen molar-refractivity contribution in [2.75, 3.05) is 11.5 Å². The van der Waals surface area contributed by atoms with Crippen LogP contribution in [0.25, 0.3) is 0 Å². The van der Waals surface area contributed by atoms with Gasteiger partial charge in [0.2, 0.25) is 0 Å². The summed E-state index contributed by atoms with van der Waals surface area (Å²) in [4.78, 5) is 10.4. The molecule has 8 bridgehead atoms. The van der Waals surface area contributed by atoms with Crippen LogP contribution in [-0.2, 0) is 0 Å². The molecule has 0 aliphatic heterocycles. The number of anilines is 2. The van der Waals surface area contributed by atoms with Crippen molar-refractivity contribution in [3.63, 3.8) is 0 Å². The van der Waals surface area contributed by atoms with E-state index < -0.39 is 5.97 Å². The van der Waals surface area contributed by atoms with Crippen LogP contribution in [0.4, 0.5) is 11.4 Å². The fourth-order valence-corrected chi connectivity index (χ4v) is 7.67. The summed E-state index contributed by atoms with van der Waals surface area (Å²) in [6.07, 6.45) is 9.93. The number of carboxylic acids is 1. The molecule has 0 heterocycles. The second-order valence-corrected chi connectivity index (χ2v) is 9.28. The van der Waals surface area contributed by atoms with E-state index in [4.69, 9.17) is 16.6 Å². The number of aromatic carboxylic acids is 1. The van der Waals surface area contributed by atoms with Crippen LogP contribution in [0.2, 0.25) is 0 Å². The van der Waals surface area contributed by atoms with Crippen molar-refractivity contribution in [2.24, 2.45) is 47.3 Å². The fourth-order valence-electron chi connectivity index (χ4n) is 7.67. The lowest BCUT2D eigenvalue weighted by Crippen LogP contribution is -2.62. The summed E-state index contributed by atoms with van der Waals surface area (Å²) in [6.45, 7) is 0. The van der Waals surface area contributed by atoms with E-state index in [1.807, 2.05) is 0 Å². The highest BCUT2D eigenvalue weighted by atomic mass is 16.4. The molecule has 0 unspecified atom stereocenters. The Morgan fingerprint density at radius 3 is 1.52 bits per heavy atom. The van der Waals surface area contributed by atoms with Crippen molar-refractivity contribution in [1.82, 2.24) is 0 Å². The van der Waals surface area contributed by atoms with Crippen LogP contribution in [0.15, 0.2) is 18.2 Å². The maximum absolute atomic E-state index is 10.4. The van der Waals surface area contributed by atoms with Gasteiger partial charge in [0.25, 0.3) is 0 Å². The Morgan fingerprint density at radius 1 is 0.800 bits per heavy atom. The van der Waals surface area contributed by atoms with E-state index in [1.165, 1.54) is 65.5 Å². The average molecular weight is 340 g/mol. The van der Waals surface area contributed by atoms with Crippen LogP contribution in [-0.4, -0.2) is 11.1 Å². The van der Waals surface area contributed by atoms with Crippen molar-refractivity contribution < 1.29 is 9.90 Å². The second kappa shape index (κ2) is 5.39. The Hall–Kier alpha value is -1.71. The number of rotatable bonds is 1. The van der Waals surface area contributed by atoms with Crippen LogP contribution < -0.4 is 11.5 Å². The van der Waals surface area contributed by atoms with Gasteiger partial charge in [-0.2, -0.15) is 0 Å². The van der Waals surface area contributed by atoms with E-state index >= 15 is 0 Å². The molecule has 5 N–H and O–H groups in total. The van der Waals surface area contributed by atoms with Gasteiger partial charge >= 0.3 is 5.97 Å². The Morgan fingerprint density at radius 2 is 1.20 bits per heavy atom. The number of benzene rings is 1. The predicted molar refractivity (Wildman–Crippen MR) is 97.8 cm³/mol. The molecule has 8 rings (SSSR count). The molecule has 0 atom stereocenters. The first-order chi connectivity index (χ1) is 12.0. The SMILES string of the molecule is C1C2CC3C4CC5CC(C14)C(C2)C3C5.Nc1ccc(C(=O)O)c(N)c1. The van der Waals surface area contributed by atoms with E-state index in [2.05, 4.69) is 0 Å². The van der Waals surface area contributed by atoms with Gasteiger partial charge in [0.1, 0.15) is 0 Å². The van der Waals surface area contributed by atoms with E-state index in [9.17, 15) is 4.79 Å². The smallest absolute Gasteiger partial charge is 0.337 e. The van der Waals surface area contributed by atoms with Crippen LogP contribution in [0.5, 0.6) is 0 Å². The van der Waals surface area contributed by atoms with Crippen molar-refractivity contribution in [3.05, 3.63) is 23.8 Å². The van der Waals surface area contributed by atoms with Gasteiger partial charge in [-0.15, -0.1) is 0 Å². The lowest BCUT2D eigenvalue weighted by molar-refractivity contribution is -0.202. The molecule has 0 spiro atoms. The number of nitrogen functional groups attached to an aromatic ring is 2. The van der Waals surface area contributed by atoms with Crippen molar-refractivity contribution in [2.45, 2.75) is 38.5 Å². The average Bonchev–Trinajstić information content (AvgIpc) is 2.59. The summed E-state index contributed by atoms with van der Waals surface area (Å²) >= 11 is 0. The lowest BCUT2D eigenvalue weighted by Gasteiger charge is -2.69. The maximum Gasteiger partial charge on any atom is 0.337 e. The van der Waals surface area contributed by atoms with Crippen molar-refractivity contribution >= 4 is 17.3 Å². The molecule has 7 saturated carbocycles. The van der Waals surface area contributed by atoms with Crippen molar-refractivity contribution in [3.8, 4) is 0 Å². The fraction of sp³-hybridized carbons (Fsp3) is 0.667. The molecule has 25 heavy (non-hydrogen) atoms. The zero-order chi connectivity index (χ0) is 17.3. The topological polar surface area (TPSA) is 89.3 Å². The van der Waals surface area contributed by atoms with Crippen LogP contribution >= 0.6 is 0 Å². The molecule has 1 aromatic rings. The van der Waals surface area contributed by atoms with Gasteiger partial charge in [0.15, 0.2) is 0 Å². The van der Waals surface area contributed by atoms with Gasteiger partial charge in [-0.05, 0) is 104 Å². The monoisotopic (exact) mass is 340 g/mol. The zero-order valence-electron chi connectivity index (χ0n) is 14.6. The van der Waals surface area contributed by atoms with Gasteiger partial charge in [0, 0.05) is 11.4 Å². The van der Waals surface area contributed by atoms with Gasteiger partial charge in [-0.3, -0.25) is 0 Å². The Bertz CT molecular complexity index is 628. The van der Waals surface area contributed by atoms with Crippen LogP contribution in [0.3, 0.4) is 0 Å². The first-order valence-electron chi connectivity index (χ1n) is 9.89. The van der Waals surface area contributed by atoms with E-state index in [1.54, 1.807) is 38.5 Å². The second-order valence-electron chi connectivity index (χ2n) is 9.28. The van der Waals surface area contributed by atoms with Gasteiger partial charge in [0.05, 0.1) is 5.56 Å². The third kappa shape index (κ3) is 2.29. The van der Waals surface area contributed by atoms with Gasteiger partial charge < -0.3 is 16.6 Å². The highest BCUT2D eigenvalue weighted by Gasteiger charge is 2.63. The number of nitrogens with two attached hydrogens (primary N) is 2. The molecule has 0 amide bonds. The van der Waals surface area contributed by atoms with Crippen LogP contribution in [0, 0.1) is 47.3 Å². The molecule has 7 fully saturated rings. The Labute approximate surface area is 149 Å². The van der Waals surface area contributed by atoms with E-state index in [-0.39, 0.29) is 11.3 Å². The molecule has 7 aliphatic rings. The molecule has 0 radical (unpaired) electrons. The third-order valence-electron chi connectivity index (χ3n) is 8.24. The third-order valence-corrected chi connectivity index (χ3v) is 8.24. The normalized spacial score (nSPS) is 44.5. The molecule has 0 saturated heterocycles. The molecule has 7 aliphatic carbocycles. The number of carbonyl (C=O) groups is 1. The largest absolute Gasteiger partial charge is 0.478 e.